The molecule has 0 saturated carbocycles. The molecule has 1 aliphatic rings. The van der Waals surface area contributed by atoms with Crippen LogP contribution in [0.25, 0.3) is 0 Å². The number of rotatable bonds is 7. The fraction of sp³-hybridized carbons (Fsp3) is 0.714. The number of unbranched alkanes of at least 4 members (excludes halogenated alkanes) is 4. The van der Waals surface area contributed by atoms with E-state index in [1.165, 1.54) is 32.1 Å². The monoisotopic (exact) mass is 223 g/mol. The van der Waals surface area contributed by atoms with Crippen molar-refractivity contribution in [2.45, 2.75) is 39.0 Å². The summed E-state index contributed by atoms with van der Waals surface area (Å²) in [5.74, 6) is 0. The number of morpholine rings is 1. The van der Waals surface area contributed by atoms with Gasteiger partial charge in [0.05, 0.1) is 13.2 Å². The van der Waals surface area contributed by atoms with E-state index in [9.17, 15) is 0 Å². The molecule has 0 aromatic carbocycles. The quantitative estimate of drug-likeness (QED) is 0.485. The highest BCUT2D eigenvalue weighted by atomic mass is 16.5. The molecule has 1 aliphatic heterocycles. The third-order valence-electron chi connectivity index (χ3n) is 2.81. The van der Waals surface area contributed by atoms with Crippen LogP contribution in [-0.4, -0.2) is 31.2 Å². The third kappa shape index (κ3) is 6.67. The minimum Gasteiger partial charge on any atom is -0.378 e. The Morgan fingerprint density at radius 3 is 2.62 bits per heavy atom. The van der Waals surface area contributed by atoms with Crippen molar-refractivity contribution in [3.63, 3.8) is 0 Å². The van der Waals surface area contributed by atoms with Crippen LogP contribution in [0.15, 0.2) is 24.4 Å². The molecule has 0 radical (unpaired) electrons. The van der Waals surface area contributed by atoms with Crippen molar-refractivity contribution >= 4 is 0 Å². The largest absolute Gasteiger partial charge is 0.378 e. The lowest BCUT2D eigenvalue weighted by Crippen LogP contribution is -2.31. The maximum atomic E-state index is 5.29. The molecule has 0 aromatic heterocycles. The predicted molar refractivity (Wildman–Crippen MR) is 69.4 cm³/mol. The first-order chi connectivity index (χ1) is 7.93. The average Bonchev–Trinajstić information content (AvgIpc) is 2.34. The molecular weight excluding hydrogens is 198 g/mol. The summed E-state index contributed by atoms with van der Waals surface area (Å²) < 4.78 is 5.29. The average molecular weight is 223 g/mol. The Labute approximate surface area is 100.0 Å². The van der Waals surface area contributed by atoms with Gasteiger partial charge >= 0.3 is 0 Å². The molecule has 0 amide bonds. The van der Waals surface area contributed by atoms with Gasteiger partial charge in [0.25, 0.3) is 0 Å². The Kier molecular flexibility index (Phi) is 7.87. The van der Waals surface area contributed by atoms with E-state index in [0.29, 0.717) is 0 Å². The second kappa shape index (κ2) is 9.46. The van der Waals surface area contributed by atoms with E-state index in [-0.39, 0.29) is 0 Å². The molecule has 0 unspecified atom stereocenters. The van der Waals surface area contributed by atoms with Gasteiger partial charge in [-0.3, -0.25) is 0 Å². The zero-order valence-corrected chi connectivity index (χ0v) is 10.5. The highest BCUT2D eigenvalue weighted by molar-refractivity contribution is 5.02. The third-order valence-corrected chi connectivity index (χ3v) is 2.81. The fourth-order valence-electron chi connectivity index (χ4n) is 1.76. The van der Waals surface area contributed by atoms with Gasteiger partial charge in [0.1, 0.15) is 0 Å². The van der Waals surface area contributed by atoms with E-state index in [0.717, 1.165) is 26.3 Å². The number of hydrogen-bond donors (Lipinski definition) is 0. The number of ether oxygens (including phenoxy) is 1. The minimum atomic E-state index is 0.866. The molecule has 0 aromatic rings. The molecule has 0 N–H and O–H groups in total. The number of nitrogens with zero attached hydrogens (tertiary/aromatic N) is 1. The Bertz CT molecular complexity index is 205. The zero-order chi connectivity index (χ0) is 11.5. The molecular formula is C14H25NO. The summed E-state index contributed by atoms with van der Waals surface area (Å²) >= 11 is 0. The number of allylic oxidation sites excluding steroid dienone is 3. The van der Waals surface area contributed by atoms with Gasteiger partial charge in [0, 0.05) is 13.1 Å². The Morgan fingerprint density at radius 1 is 1.06 bits per heavy atom. The van der Waals surface area contributed by atoms with Crippen molar-refractivity contribution in [2.75, 3.05) is 26.3 Å². The molecule has 1 rings (SSSR count). The Hall–Kier alpha value is -0.760. The summed E-state index contributed by atoms with van der Waals surface area (Å²) in [6, 6.07) is 0. The van der Waals surface area contributed by atoms with E-state index in [4.69, 9.17) is 4.74 Å². The van der Waals surface area contributed by atoms with E-state index in [1.807, 2.05) is 0 Å². The van der Waals surface area contributed by atoms with Gasteiger partial charge in [-0.25, -0.2) is 0 Å². The topological polar surface area (TPSA) is 12.5 Å². The second-order valence-corrected chi connectivity index (χ2v) is 4.27. The molecule has 2 nitrogen and oxygen atoms in total. The van der Waals surface area contributed by atoms with Gasteiger partial charge in [0.15, 0.2) is 0 Å². The molecule has 0 atom stereocenters. The molecule has 0 bridgehead atoms. The molecule has 92 valence electrons. The van der Waals surface area contributed by atoms with Crippen LogP contribution in [0.1, 0.15) is 39.0 Å². The molecule has 2 heteroatoms. The lowest BCUT2D eigenvalue weighted by molar-refractivity contribution is 0.0594. The van der Waals surface area contributed by atoms with Crippen LogP contribution in [0.4, 0.5) is 0 Å². The maximum absolute atomic E-state index is 5.29. The Balaban J connectivity index is 1.99. The molecule has 1 saturated heterocycles. The van der Waals surface area contributed by atoms with Crippen LogP contribution < -0.4 is 0 Å². The first kappa shape index (κ1) is 13.3. The van der Waals surface area contributed by atoms with Crippen LogP contribution in [0.5, 0.6) is 0 Å². The standard InChI is InChI=1S/C14H25NO/c1-2-3-4-5-6-7-8-9-10-15-11-13-16-14-12-15/h7-10H,2-6,11-14H2,1H3/b8-7+,10-9+. The van der Waals surface area contributed by atoms with Crippen LogP contribution in [0.3, 0.4) is 0 Å². The molecule has 0 aliphatic carbocycles. The van der Waals surface area contributed by atoms with Crippen LogP contribution in [-0.2, 0) is 4.74 Å². The maximum Gasteiger partial charge on any atom is 0.0642 e. The van der Waals surface area contributed by atoms with Crippen LogP contribution in [0.2, 0.25) is 0 Å². The van der Waals surface area contributed by atoms with Gasteiger partial charge in [-0.15, -0.1) is 0 Å². The smallest absolute Gasteiger partial charge is 0.0642 e. The fourth-order valence-corrected chi connectivity index (χ4v) is 1.76. The summed E-state index contributed by atoms with van der Waals surface area (Å²) in [6.45, 7) is 6.04. The van der Waals surface area contributed by atoms with E-state index in [1.54, 1.807) is 0 Å². The minimum absolute atomic E-state index is 0.866. The Morgan fingerprint density at radius 2 is 1.88 bits per heavy atom. The van der Waals surface area contributed by atoms with Crippen molar-refractivity contribution in [1.29, 1.82) is 0 Å². The van der Waals surface area contributed by atoms with Crippen molar-refractivity contribution in [3.8, 4) is 0 Å². The van der Waals surface area contributed by atoms with Crippen LogP contribution >= 0.6 is 0 Å². The number of hydrogen-bond acceptors (Lipinski definition) is 2. The first-order valence-corrected chi connectivity index (χ1v) is 6.58. The summed E-state index contributed by atoms with van der Waals surface area (Å²) in [4.78, 5) is 2.31. The molecule has 1 fully saturated rings. The molecule has 1 heterocycles. The zero-order valence-electron chi connectivity index (χ0n) is 10.5. The van der Waals surface area contributed by atoms with E-state index in [2.05, 4.69) is 36.3 Å². The van der Waals surface area contributed by atoms with Gasteiger partial charge in [-0.05, 0) is 25.1 Å². The lowest BCUT2D eigenvalue weighted by atomic mass is 10.1. The van der Waals surface area contributed by atoms with Crippen molar-refractivity contribution in [1.82, 2.24) is 4.90 Å². The van der Waals surface area contributed by atoms with Gasteiger partial charge in [-0.2, -0.15) is 0 Å². The van der Waals surface area contributed by atoms with E-state index < -0.39 is 0 Å². The van der Waals surface area contributed by atoms with Gasteiger partial charge in [-0.1, -0.05) is 38.3 Å². The van der Waals surface area contributed by atoms with Crippen molar-refractivity contribution in [3.05, 3.63) is 24.4 Å². The highest BCUT2D eigenvalue weighted by Gasteiger charge is 2.03. The summed E-state index contributed by atoms with van der Waals surface area (Å²) in [7, 11) is 0. The normalized spacial score (nSPS) is 17.7. The summed E-state index contributed by atoms with van der Waals surface area (Å²) in [5, 5.41) is 0. The van der Waals surface area contributed by atoms with Crippen molar-refractivity contribution in [2.24, 2.45) is 0 Å². The second-order valence-electron chi connectivity index (χ2n) is 4.27. The highest BCUT2D eigenvalue weighted by Crippen LogP contribution is 2.03. The van der Waals surface area contributed by atoms with Gasteiger partial charge < -0.3 is 9.64 Å². The first-order valence-electron chi connectivity index (χ1n) is 6.58. The lowest BCUT2D eigenvalue weighted by Gasteiger charge is -2.24. The molecule has 16 heavy (non-hydrogen) atoms. The van der Waals surface area contributed by atoms with Crippen LogP contribution in [0, 0.1) is 0 Å². The van der Waals surface area contributed by atoms with Crippen molar-refractivity contribution < 1.29 is 4.74 Å². The van der Waals surface area contributed by atoms with Gasteiger partial charge in [0.2, 0.25) is 0 Å². The molecule has 0 spiro atoms. The summed E-state index contributed by atoms with van der Waals surface area (Å²) in [5.41, 5.74) is 0. The summed E-state index contributed by atoms with van der Waals surface area (Å²) in [6.07, 6.45) is 15.4. The SMILES string of the molecule is CCCCCC/C=C/C=C/N1CCOCC1. The predicted octanol–water partition coefficient (Wildman–Crippen LogP) is 3.36. The van der Waals surface area contributed by atoms with E-state index >= 15 is 0 Å².